The molecular weight excluding hydrogens is 282 g/mol. The Balaban J connectivity index is 2.29. The van der Waals surface area contributed by atoms with Crippen LogP contribution in [0.25, 0.3) is 0 Å². The molecule has 1 heterocycles. The first kappa shape index (κ1) is 18.0. The van der Waals surface area contributed by atoms with Gasteiger partial charge in [-0.05, 0) is 29.7 Å². The third-order valence-corrected chi connectivity index (χ3v) is 5.77. The van der Waals surface area contributed by atoms with Crippen LogP contribution >= 0.6 is 0 Å². The molecule has 0 aromatic heterocycles. The largest absolute Gasteiger partial charge is 0.339 e. The van der Waals surface area contributed by atoms with Gasteiger partial charge in [-0.1, -0.05) is 77.8 Å². The maximum Gasteiger partial charge on any atom is 0.230 e. The minimum atomic E-state index is -0.00180. The highest BCUT2D eigenvalue weighted by Crippen LogP contribution is 2.35. The number of carbonyl (C=O) groups is 1. The summed E-state index contributed by atoms with van der Waals surface area (Å²) in [5, 5.41) is 0. The zero-order valence-corrected chi connectivity index (χ0v) is 15.5. The van der Waals surface area contributed by atoms with Crippen LogP contribution in [0, 0.1) is 17.8 Å². The quantitative estimate of drug-likeness (QED) is 0.715. The lowest BCUT2D eigenvalue weighted by molar-refractivity contribution is -0.135. The van der Waals surface area contributed by atoms with Crippen molar-refractivity contribution in [3.05, 3.63) is 35.9 Å². The molecule has 2 heteroatoms. The van der Waals surface area contributed by atoms with Crippen LogP contribution in [0.1, 0.15) is 65.4 Å². The van der Waals surface area contributed by atoms with Gasteiger partial charge in [0.05, 0.1) is 5.92 Å². The second kappa shape index (κ2) is 7.99. The summed E-state index contributed by atoms with van der Waals surface area (Å²) in [6.07, 6.45) is 3.33. The van der Waals surface area contributed by atoms with Crippen molar-refractivity contribution in [2.45, 2.75) is 65.8 Å². The highest BCUT2D eigenvalue weighted by atomic mass is 16.2. The minimum absolute atomic E-state index is 0.00180. The van der Waals surface area contributed by atoms with Gasteiger partial charge in [-0.15, -0.1) is 0 Å². The maximum absolute atomic E-state index is 13.4. The van der Waals surface area contributed by atoms with E-state index in [1.807, 2.05) is 6.07 Å². The summed E-state index contributed by atoms with van der Waals surface area (Å²) in [5.74, 6) is 1.92. The molecule has 4 unspecified atom stereocenters. The van der Waals surface area contributed by atoms with Crippen LogP contribution in [0.15, 0.2) is 30.3 Å². The Labute approximate surface area is 142 Å². The SMILES string of the molecule is CCC(C)C(C(=O)N1CC(C)C[C@H]1C(C)CC)c1ccccc1. The Morgan fingerprint density at radius 3 is 2.39 bits per heavy atom. The van der Waals surface area contributed by atoms with Crippen molar-refractivity contribution in [2.75, 3.05) is 6.54 Å². The zero-order valence-electron chi connectivity index (χ0n) is 15.5. The number of amides is 1. The molecule has 128 valence electrons. The average Bonchev–Trinajstić information content (AvgIpc) is 2.97. The first-order valence-corrected chi connectivity index (χ1v) is 9.34. The third-order valence-electron chi connectivity index (χ3n) is 5.77. The van der Waals surface area contributed by atoms with Gasteiger partial charge < -0.3 is 4.90 Å². The van der Waals surface area contributed by atoms with Gasteiger partial charge in [-0.3, -0.25) is 4.79 Å². The van der Waals surface area contributed by atoms with E-state index in [2.05, 4.69) is 63.8 Å². The first-order chi connectivity index (χ1) is 11.0. The van der Waals surface area contributed by atoms with E-state index in [1.165, 1.54) is 5.56 Å². The van der Waals surface area contributed by atoms with E-state index in [9.17, 15) is 4.79 Å². The predicted molar refractivity (Wildman–Crippen MR) is 97.4 cm³/mol. The molecule has 1 fully saturated rings. The number of nitrogens with zero attached hydrogens (tertiary/aromatic N) is 1. The van der Waals surface area contributed by atoms with Crippen molar-refractivity contribution < 1.29 is 4.79 Å². The molecule has 2 rings (SSSR count). The molecule has 1 aromatic carbocycles. The molecule has 1 aliphatic rings. The summed E-state index contributed by atoms with van der Waals surface area (Å²) in [6, 6.07) is 10.8. The van der Waals surface area contributed by atoms with Crippen molar-refractivity contribution in [2.24, 2.45) is 17.8 Å². The second-order valence-corrected chi connectivity index (χ2v) is 7.56. The summed E-state index contributed by atoms with van der Waals surface area (Å²) in [5.41, 5.74) is 1.18. The first-order valence-electron chi connectivity index (χ1n) is 9.34. The molecule has 5 atom stereocenters. The molecular formula is C21H33NO. The van der Waals surface area contributed by atoms with Gasteiger partial charge in [-0.2, -0.15) is 0 Å². The summed E-state index contributed by atoms with van der Waals surface area (Å²) in [4.78, 5) is 15.7. The topological polar surface area (TPSA) is 20.3 Å². The van der Waals surface area contributed by atoms with Crippen LogP contribution in [-0.2, 0) is 4.79 Å². The molecule has 1 aliphatic heterocycles. The fourth-order valence-corrected chi connectivity index (χ4v) is 3.94. The molecule has 1 saturated heterocycles. The van der Waals surface area contributed by atoms with Crippen molar-refractivity contribution >= 4 is 5.91 Å². The molecule has 0 saturated carbocycles. The Bertz CT molecular complexity index is 498. The number of hydrogen-bond donors (Lipinski definition) is 0. The number of rotatable bonds is 6. The van der Waals surface area contributed by atoms with Crippen molar-refractivity contribution in [3.63, 3.8) is 0 Å². The Kier molecular flexibility index (Phi) is 6.26. The number of hydrogen-bond acceptors (Lipinski definition) is 1. The standard InChI is InChI=1S/C21H33NO/c1-6-16(4)19-13-15(3)14-22(19)21(23)20(17(5)7-2)18-11-9-8-10-12-18/h8-12,15-17,19-20H,6-7,13-14H2,1-5H3/t15?,16?,17?,19-,20?/m0/s1. The van der Waals surface area contributed by atoms with Gasteiger partial charge in [0.1, 0.15) is 0 Å². The predicted octanol–water partition coefficient (Wildman–Crippen LogP) is 5.10. The highest BCUT2D eigenvalue weighted by Gasteiger charge is 2.39. The monoisotopic (exact) mass is 315 g/mol. The van der Waals surface area contributed by atoms with Crippen LogP contribution < -0.4 is 0 Å². The summed E-state index contributed by atoms with van der Waals surface area (Å²) in [6.45, 7) is 12.1. The van der Waals surface area contributed by atoms with E-state index in [4.69, 9.17) is 0 Å². The van der Waals surface area contributed by atoms with Crippen LogP contribution in [0.4, 0.5) is 0 Å². The van der Waals surface area contributed by atoms with Gasteiger partial charge in [0.25, 0.3) is 0 Å². The third kappa shape index (κ3) is 3.97. The van der Waals surface area contributed by atoms with Crippen LogP contribution in [0.2, 0.25) is 0 Å². The molecule has 0 N–H and O–H groups in total. The number of carbonyl (C=O) groups excluding carboxylic acids is 1. The van der Waals surface area contributed by atoms with Crippen molar-refractivity contribution in [1.29, 1.82) is 0 Å². The van der Waals surface area contributed by atoms with E-state index in [0.29, 0.717) is 29.7 Å². The summed E-state index contributed by atoms with van der Waals surface area (Å²) < 4.78 is 0. The lowest BCUT2D eigenvalue weighted by atomic mass is 9.84. The molecule has 0 radical (unpaired) electrons. The summed E-state index contributed by atoms with van der Waals surface area (Å²) in [7, 11) is 0. The van der Waals surface area contributed by atoms with Crippen molar-refractivity contribution in [3.8, 4) is 0 Å². The Hall–Kier alpha value is -1.31. The number of likely N-dealkylation sites (tertiary alicyclic amines) is 1. The second-order valence-electron chi connectivity index (χ2n) is 7.56. The normalized spacial score (nSPS) is 25.2. The fourth-order valence-electron chi connectivity index (χ4n) is 3.94. The molecule has 1 amide bonds. The molecule has 1 aromatic rings. The molecule has 0 spiro atoms. The Morgan fingerprint density at radius 1 is 1.17 bits per heavy atom. The zero-order chi connectivity index (χ0) is 17.0. The average molecular weight is 316 g/mol. The van der Waals surface area contributed by atoms with E-state index in [-0.39, 0.29) is 5.92 Å². The van der Waals surface area contributed by atoms with E-state index in [0.717, 1.165) is 25.8 Å². The van der Waals surface area contributed by atoms with E-state index < -0.39 is 0 Å². The van der Waals surface area contributed by atoms with Crippen molar-refractivity contribution in [1.82, 2.24) is 4.90 Å². The Morgan fingerprint density at radius 2 is 1.83 bits per heavy atom. The lowest BCUT2D eigenvalue weighted by Crippen LogP contribution is -2.43. The summed E-state index contributed by atoms with van der Waals surface area (Å²) >= 11 is 0. The van der Waals surface area contributed by atoms with Crippen LogP contribution in [0.3, 0.4) is 0 Å². The highest BCUT2D eigenvalue weighted by molar-refractivity contribution is 5.84. The van der Waals surface area contributed by atoms with Gasteiger partial charge in [0.15, 0.2) is 0 Å². The van der Waals surface area contributed by atoms with E-state index in [1.54, 1.807) is 0 Å². The van der Waals surface area contributed by atoms with Crippen LogP contribution in [-0.4, -0.2) is 23.4 Å². The molecule has 0 aliphatic carbocycles. The van der Waals surface area contributed by atoms with Gasteiger partial charge in [0, 0.05) is 12.6 Å². The van der Waals surface area contributed by atoms with Gasteiger partial charge >= 0.3 is 0 Å². The van der Waals surface area contributed by atoms with Crippen LogP contribution in [0.5, 0.6) is 0 Å². The molecule has 2 nitrogen and oxygen atoms in total. The fraction of sp³-hybridized carbons (Fsp3) is 0.667. The molecule has 0 bridgehead atoms. The smallest absolute Gasteiger partial charge is 0.230 e. The minimum Gasteiger partial charge on any atom is -0.339 e. The van der Waals surface area contributed by atoms with Gasteiger partial charge in [-0.25, -0.2) is 0 Å². The maximum atomic E-state index is 13.4. The van der Waals surface area contributed by atoms with E-state index >= 15 is 0 Å². The number of benzene rings is 1. The lowest BCUT2D eigenvalue weighted by Gasteiger charge is -2.34. The molecule has 23 heavy (non-hydrogen) atoms. The van der Waals surface area contributed by atoms with Gasteiger partial charge in [0.2, 0.25) is 5.91 Å².